The molecule has 1 amide bonds. The summed E-state index contributed by atoms with van der Waals surface area (Å²) in [4.78, 5) is 26.3. The molecule has 6 heteroatoms. The van der Waals surface area contributed by atoms with Gasteiger partial charge in [-0.2, -0.15) is 0 Å². The third-order valence-corrected chi connectivity index (χ3v) is 5.62. The van der Waals surface area contributed by atoms with E-state index in [9.17, 15) is 19.1 Å². The highest BCUT2D eigenvalue weighted by Gasteiger charge is 2.47. The lowest BCUT2D eigenvalue weighted by Gasteiger charge is -2.18. The van der Waals surface area contributed by atoms with Gasteiger partial charge in [0, 0.05) is 13.1 Å². The number of likely N-dealkylation sites (tertiary alicyclic amines) is 1. The first-order valence-electron chi connectivity index (χ1n) is 9.51. The molecule has 2 atom stereocenters. The van der Waals surface area contributed by atoms with E-state index in [4.69, 9.17) is 4.74 Å². The molecule has 1 aliphatic carbocycles. The number of amides is 1. The van der Waals surface area contributed by atoms with Crippen LogP contribution in [-0.4, -0.2) is 35.0 Å². The summed E-state index contributed by atoms with van der Waals surface area (Å²) in [5.74, 6) is -0.941. The first kappa shape index (κ1) is 18.5. The molecule has 0 aromatic heterocycles. The van der Waals surface area contributed by atoms with Gasteiger partial charge in [0.05, 0.1) is 11.5 Å². The molecule has 2 aromatic carbocycles. The zero-order valence-electron chi connectivity index (χ0n) is 15.4. The van der Waals surface area contributed by atoms with E-state index in [2.05, 4.69) is 0 Å². The molecule has 0 spiro atoms. The minimum atomic E-state index is -0.826. The van der Waals surface area contributed by atoms with Gasteiger partial charge in [-0.1, -0.05) is 24.3 Å². The van der Waals surface area contributed by atoms with Crippen LogP contribution in [0.15, 0.2) is 48.5 Å². The zero-order chi connectivity index (χ0) is 19.7. The van der Waals surface area contributed by atoms with Gasteiger partial charge in [-0.25, -0.2) is 4.39 Å². The molecule has 0 unspecified atom stereocenters. The predicted octanol–water partition coefficient (Wildman–Crippen LogP) is 3.59. The van der Waals surface area contributed by atoms with E-state index in [0.29, 0.717) is 23.8 Å². The zero-order valence-corrected chi connectivity index (χ0v) is 15.4. The van der Waals surface area contributed by atoms with E-state index < -0.39 is 11.9 Å². The molecule has 4 rings (SSSR count). The summed E-state index contributed by atoms with van der Waals surface area (Å²) in [7, 11) is 0. The van der Waals surface area contributed by atoms with Gasteiger partial charge in [-0.15, -0.1) is 0 Å². The Hall–Kier alpha value is -2.89. The minimum absolute atomic E-state index is 0.0359. The van der Waals surface area contributed by atoms with Crippen LogP contribution in [-0.2, 0) is 11.4 Å². The SMILES string of the molecule is O=C(O)[C@H]1CN(C(=O)c2ccccc2OCc2ccc(F)cc2)C[C@@H]1C1CC1. The lowest BCUT2D eigenvalue weighted by Crippen LogP contribution is -2.30. The van der Waals surface area contributed by atoms with E-state index in [1.165, 1.54) is 12.1 Å². The summed E-state index contributed by atoms with van der Waals surface area (Å²) >= 11 is 0. The van der Waals surface area contributed by atoms with Crippen molar-refractivity contribution in [2.24, 2.45) is 17.8 Å². The maximum absolute atomic E-state index is 13.1. The number of halogens is 1. The quantitative estimate of drug-likeness (QED) is 0.828. The van der Waals surface area contributed by atoms with Gasteiger partial charge in [0.15, 0.2) is 0 Å². The second kappa shape index (κ2) is 7.62. The molecule has 0 bridgehead atoms. The summed E-state index contributed by atoms with van der Waals surface area (Å²) in [5, 5.41) is 9.53. The highest BCUT2D eigenvalue weighted by molar-refractivity contribution is 5.97. The van der Waals surface area contributed by atoms with Crippen molar-refractivity contribution in [2.45, 2.75) is 19.4 Å². The van der Waals surface area contributed by atoms with Crippen LogP contribution >= 0.6 is 0 Å². The van der Waals surface area contributed by atoms with E-state index in [-0.39, 0.29) is 30.8 Å². The van der Waals surface area contributed by atoms with Gasteiger partial charge in [-0.3, -0.25) is 9.59 Å². The van der Waals surface area contributed by atoms with Crippen molar-refractivity contribution in [3.05, 3.63) is 65.5 Å². The molecular weight excluding hydrogens is 361 g/mol. The van der Waals surface area contributed by atoms with Gasteiger partial charge in [-0.05, 0) is 54.5 Å². The van der Waals surface area contributed by atoms with Crippen molar-refractivity contribution in [1.29, 1.82) is 0 Å². The smallest absolute Gasteiger partial charge is 0.308 e. The maximum Gasteiger partial charge on any atom is 0.308 e. The lowest BCUT2D eigenvalue weighted by molar-refractivity contribution is -0.142. The van der Waals surface area contributed by atoms with Crippen LogP contribution in [0.1, 0.15) is 28.8 Å². The van der Waals surface area contributed by atoms with E-state index >= 15 is 0 Å². The van der Waals surface area contributed by atoms with Crippen molar-refractivity contribution in [1.82, 2.24) is 4.90 Å². The summed E-state index contributed by atoms with van der Waals surface area (Å²) in [6.45, 7) is 0.932. The van der Waals surface area contributed by atoms with Crippen molar-refractivity contribution >= 4 is 11.9 Å². The Morgan fingerprint density at radius 2 is 1.79 bits per heavy atom. The molecule has 5 nitrogen and oxygen atoms in total. The van der Waals surface area contributed by atoms with Crippen LogP contribution in [0.4, 0.5) is 4.39 Å². The summed E-state index contributed by atoms with van der Waals surface area (Å²) in [6, 6.07) is 13.0. The number of benzene rings is 2. The second-order valence-electron chi connectivity index (χ2n) is 7.57. The lowest BCUT2D eigenvalue weighted by atomic mass is 9.92. The molecule has 1 saturated heterocycles. The van der Waals surface area contributed by atoms with Gasteiger partial charge < -0.3 is 14.7 Å². The predicted molar refractivity (Wildman–Crippen MR) is 100 cm³/mol. The number of rotatable bonds is 6. The largest absolute Gasteiger partial charge is 0.488 e. The topological polar surface area (TPSA) is 66.8 Å². The van der Waals surface area contributed by atoms with E-state index in [1.807, 2.05) is 0 Å². The third-order valence-electron chi connectivity index (χ3n) is 5.62. The Morgan fingerprint density at radius 3 is 2.46 bits per heavy atom. The number of para-hydroxylation sites is 1. The number of carboxylic acid groups (broad SMARTS) is 1. The number of hydrogen-bond acceptors (Lipinski definition) is 3. The Balaban J connectivity index is 1.48. The fourth-order valence-electron chi connectivity index (χ4n) is 3.94. The van der Waals surface area contributed by atoms with Crippen LogP contribution in [0.25, 0.3) is 0 Å². The number of carboxylic acids is 1. The Kier molecular flexibility index (Phi) is 5.03. The summed E-state index contributed by atoms with van der Waals surface area (Å²) < 4.78 is 18.9. The standard InChI is InChI=1S/C22H22FNO4/c23-16-9-5-14(6-10-16)13-28-20-4-2-1-3-17(20)21(25)24-11-18(15-7-8-15)19(12-24)22(26)27/h1-6,9-10,15,18-19H,7-8,11-13H2,(H,26,27)/t18-,19+/m1/s1. The molecule has 28 heavy (non-hydrogen) atoms. The molecule has 1 N–H and O–H groups in total. The van der Waals surface area contributed by atoms with Crippen molar-refractivity contribution < 1.29 is 23.8 Å². The average Bonchev–Trinajstić information content (AvgIpc) is 3.45. The van der Waals surface area contributed by atoms with E-state index in [1.54, 1.807) is 41.3 Å². The normalized spacial score (nSPS) is 21.5. The fourth-order valence-corrected chi connectivity index (χ4v) is 3.94. The fraction of sp³-hybridized carbons (Fsp3) is 0.364. The van der Waals surface area contributed by atoms with Crippen LogP contribution in [0.3, 0.4) is 0 Å². The Morgan fingerprint density at radius 1 is 1.07 bits per heavy atom. The molecular formula is C22H22FNO4. The first-order valence-corrected chi connectivity index (χ1v) is 9.51. The van der Waals surface area contributed by atoms with Crippen LogP contribution in [0.2, 0.25) is 0 Å². The van der Waals surface area contributed by atoms with E-state index in [0.717, 1.165) is 18.4 Å². The maximum atomic E-state index is 13.1. The summed E-state index contributed by atoms with van der Waals surface area (Å²) in [6.07, 6.45) is 2.10. The first-order chi connectivity index (χ1) is 13.5. The highest BCUT2D eigenvalue weighted by Crippen LogP contribution is 2.44. The summed E-state index contributed by atoms with van der Waals surface area (Å²) in [5.41, 5.74) is 1.22. The number of carbonyl (C=O) groups excluding carboxylic acids is 1. The molecule has 146 valence electrons. The molecule has 1 heterocycles. The van der Waals surface area contributed by atoms with Gasteiger partial charge in [0.2, 0.25) is 0 Å². The monoisotopic (exact) mass is 383 g/mol. The number of aliphatic carboxylic acids is 1. The average molecular weight is 383 g/mol. The van der Waals surface area contributed by atoms with Crippen LogP contribution < -0.4 is 4.74 Å². The molecule has 2 fully saturated rings. The molecule has 2 aliphatic rings. The van der Waals surface area contributed by atoms with Crippen molar-refractivity contribution in [3.8, 4) is 5.75 Å². The number of ether oxygens (including phenoxy) is 1. The van der Waals surface area contributed by atoms with Gasteiger partial charge in [0.1, 0.15) is 18.2 Å². The molecule has 0 radical (unpaired) electrons. The van der Waals surface area contributed by atoms with Crippen molar-refractivity contribution in [3.63, 3.8) is 0 Å². The van der Waals surface area contributed by atoms with Crippen molar-refractivity contribution in [2.75, 3.05) is 13.1 Å². The highest BCUT2D eigenvalue weighted by atomic mass is 19.1. The number of hydrogen-bond donors (Lipinski definition) is 1. The Labute approximate surface area is 162 Å². The van der Waals surface area contributed by atoms with Crippen LogP contribution in [0, 0.1) is 23.6 Å². The minimum Gasteiger partial charge on any atom is -0.488 e. The third kappa shape index (κ3) is 3.86. The molecule has 1 saturated carbocycles. The number of carbonyl (C=O) groups is 2. The molecule has 1 aliphatic heterocycles. The van der Waals surface area contributed by atoms with Gasteiger partial charge in [0.25, 0.3) is 5.91 Å². The number of nitrogens with zero attached hydrogens (tertiary/aromatic N) is 1. The second-order valence-corrected chi connectivity index (χ2v) is 7.57. The Bertz CT molecular complexity index is 878. The van der Waals surface area contributed by atoms with Gasteiger partial charge >= 0.3 is 5.97 Å². The molecule has 2 aromatic rings. The van der Waals surface area contributed by atoms with Crippen LogP contribution in [0.5, 0.6) is 5.75 Å².